The van der Waals surface area contributed by atoms with Crippen molar-refractivity contribution in [1.29, 1.82) is 5.26 Å². The number of nitriles is 1. The number of nitrogens with one attached hydrogen (secondary N) is 1. The Morgan fingerprint density at radius 3 is 2.70 bits per heavy atom. The Hall–Kier alpha value is -3.70. The van der Waals surface area contributed by atoms with Crippen LogP contribution in [0.3, 0.4) is 0 Å². The van der Waals surface area contributed by atoms with Gasteiger partial charge in [0.25, 0.3) is 0 Å². The molecule has 0 aliphatic rings. The molecular formula is C18H13ClN6O2. The lowest BCUT2D eigenvalue weighted by Crippen LogP contribution is -2.05. The van der Waals surface area contributed by atoms with E-state index in [2.05, 4.69) is 20.6 Å². The van der Waals surface area contributed by atoms with Gasteiger partial charge in [0.1, 0.15) is 11.6 Å². The van der Waals surface area contributed by atoms with Crippen molar-refractivity contribution in [3.63, 3.8) is 0 Å². The molecule has 134 valence electrons. The summed E-state index contributed by atoms with van der Waals surface area (Å²) in [5, 5.41) is 34.1. The first-order chi connectivity index (χ1) is 13.0. The van der Waals surface area contributed by atoms with Gasteiger partial charge in [-0.3, -0.25) is 4.79 Å². The van der Waals surface area contributed by atoms with Crippen LogP contribution in [0, 0.1) is 11.3 Å². The number of carbonyl (C=O) groups is 1. The largest absolute Gasteiger partial charge is 0.504 e. The first-order valence-corrected chi connectivity index (χ1v) is 8.12. The molecule has 0 atom stereocenters. The summed E-state index contributed by atoms with van der Waals surface area (Å²) < 4.78 is 1.48. The number of halogens is 1. The van der Waals surface area contributed by atoms with Gasteiger partial charge in [0.2, 0.25) is 5.91 Å². The Bertz CT molecular complexity index is 1070. The summed E-state index contributed by atoms with van der Waals surface area (Å²) in [4.78, 5) is 11.3. The zero-order valence-electron chi connectivity index (χ0n) is 14.1. The van der Waals surface area contributed by atoms with Crippen LogP contribution in [-0.4, -0.2) is 20.8 Å². The second-order valence-corrected chi connectivity index (χ2v) is 5.85. The molecule has 0 aliphatic carbocycles. The minimum Gasteiger partial charge on any atom is -0.504 e. The fraction of sp³-hybridized carbons (Fsp3) is 0.0556. The summed E-state index contributed by atoms with van der Waals surface area (Å²) in [6.45, 7) is 1.30. The average molecular weight is 381 g/mol. The van der Waals surface area contributed by atoms with E-state index >= 15 is 0 Å². The van der Waals surface area contributed by atoms with Crippen molar-refractivity contribution < 1.29 is 9.90 Å². The number of anilines is 1. The van der Waals surface area contributed by atoms with Crippen LogP contribution in [0.15, 0.2) is 58.9 Å². The molecule has 2 aromatic carbocycles. The molecule has 1 amide bonds. The fourth-order valence-electron chi connectivity index (χ4n) is 2.31. The normalized spacial score (nSPS) is 10.7. The van der Waals surface area contributed by atoms with Crippen LogP contribution in [0.2, 0.25) is 5.02 Å². The van der Waals surface area contributed by atoms with E-state index in [1.54, 1.807) is 0 Å². The molecule has 3 rings (SSSR count). The maximum Gasteiger partial charge on any atom is 0.221 e. The molecule has 0 bridgehead atoms. The quantitative estimate of drug-likeness (QED) is 0.512. The predicted octanol–water partition coefficient (Wildman–Crippen LogP) is 4.48. The van der Waals surface area contributed by atoms with Crippen molar-refractivity contribution in [1.82, 2.24) is 9.78 Å². The van der Waals surface area contributed by atoms with Crippen LogP contribution < -0.4 is 5.32 Å². The number of azo groups is 1. The van der Waals surface area contributed by atoms with Crippen molar-refractivity contribution in [2.75, 3.05) is 5.32 Å². The average Bonchev–Trinajstić information content (AvgIpc) is 3.07. The van der Waals surface area contributed by atoms with E-state index in [4.69, 9.17) is 11.6 Å². The molecule has 2 N–H and O–H groups in total. The fourth-order valence-corrected chi connectivity index (χ4v) is 2.52. The number of aromatic hydroxyl groups is 1. The van der Waals surface area contributed by atoms with E-state index in [-0.39, 0.29) is 39.4 Å². The monoisotopic (exact) mass is 380 g/mol. The van der Waals surface area contributed by atoms with Crippen LogP contribution >= 0.6 is 11.6 Å². The molecule has 1 aromatic heterocycles. The molecule has 0 saturated carbocycles. The van der Waals surface area contributed by atoms with Crippen LogP contribution in [0.4, 0.5) is 17.2 Å². The van der Waals surface area contributed by atoms with E-state index in [0.717, 1.165) is 5.69 Å². The van der Waals surface area contributed by atoms with Gasteiger partial charge in [-0.2, -0.15) is 10.4 Å². The smallest absolute Gasteiger partial charge is 0.221 e. The molecule has 0 aliphatic heterocycles. The van der Waals surface area contributed by atoms with Crippen molar-refractivity contribution >= 4 is 34.7 Å². The number of carbonyl (C=O) groups excluding carboxylic acids is 1. The van der Waals surface area contributed by atoms with Gasteiger partial charge >= 0.3 is 0 Å². The molecule has 27 heavy (non-hydrogen) atoms. The van der Waals surface area contributed by atoms with E-state index < -0.39 is 0 Å². The first kappa shape index (κ1) is 18.1. The summed E-state index contributed by atoms with van der Waals surface area (Å²) >= 11 is 5.98. The number of phenolic OH excluding ortho intramolecular Hbond substituents is 1. The van der Waals surface area contributed by atoms with Crippen LogP contribution in [0.5, 0.6) is 5.75 Å². The molecular weight excluding hydrogens is 368 g/mol. The Kier molecular flexibility index (Phi) is 5.15. The molecule has 3 aromatic rings. The summed E-state index contributed by atoms with van der Waals surface area (Å²) in [6.07, 6.45) is 1.40. The molecule has 0 unspecified atom stereocenters. The number of phenols is 1. The van der Waals surface area contributed by atoms with Gasteiger partial charge in [0.15, 0.2) is 11.6 Å². The summed E-state index contributed by atoms with van der Waals surface area (Å²) in [5.74, 6) is -0.392. The molecule has 0 fully saturated rings. The Balaban J connectivity index is 2.02. The Morgan fingerprint density at radius 1 is 1.30 bits per heavy atom. The molecule has 1 heterocycles. The third kappa shape index (κ3) is 3.94. The molecule has 9 heteroatoms. The van der Waals surface area contributed by atoms with Crippen LogP contribution in [0.1, 0.15) is 12.5 Å². The maximum atomic E-state index is 11.3. The second-order valence-electron chi connectivity index (χ2n) is 5.45. The number of amides is 1. The number of hydrogen-bond donors (Lipinski definition) is 2. The summed E-state index contributed by atoms with van der Waals surface area (Å²) in [5.41, 5.74) is 1.36. The maximum absolute atomic E-state index is 11.3. The van der Waals surface area contributed by atoms with E-state index in [1.165, 1.54) is 29.9 Å². The minimum atomic E-state index is -0.371. The van der Waals surface area contributed by atoms with Gasteiger partial charge in [0, 0.05) is 6.92 Å². The van der Waals surface area contributed by atoms with Crippen LogP contribution in [-0.2, 0) is 4.79 Å². The predicted molar refractivity (Wildman–Crippen MR) is 99.9 cm³/mol. The number of benzene rings is 2. The highest BCUT2D eigenvalue weighted by Crippen LogP contribution is 2.37. The third-order valence-corrected chi connectivity index (χ3v) is 3.77. The van der Waals surface area contributed by atoms with E-state index in [1.807, 2.05) is 36.4 Å². The standard InChI is InChI=1S/C18H13ClN6O2/c1-11(26)22-16-8-13(7-15(19)17(16)27)23-24-18-12(9-20)10-21-25(18)14-5-3-2-4-6-14/h2-8,10,27H,1H3,(H,22,26). The highest BCUT2D eigenvalue weighted by Gasteiger charge is 2.13. The summed E-state index contributed by atoms with van der Waals surface area (Å²) in [7, 11) is 0. The number of aromatic nitrogens is 2. The first-order valence-electron chi connectivity index (χ1n) is 7.75. The third-order valence-electron chi connectivity index (χ3n) is 3.48. The SMILES string of the molecule is CC(=O)Nc1cc(N=Nc2c(C#N)cnn2-c2ccccc2)cc(Cl)c1O. The molecule has 0 saturated heterocycles. The zero-order valence-corrected chi connectivity index (χ0v) is 14.8. The highest BCUT2D eigenvalue weighted by molar-refractivity contribution is 6.32. The molecule has 0 radical (unpaired) electrons. The van der Waals surface area contributed by atoms with Crippen molar-refractivity contribution in [3.8, 4) is 17.5 Å². The van der Waals surface area contributed by atoms with E-state index in [0.29, 0.717) is 0 Å². The lowest BCUT2D eigenvalue weighted by molar-refractivity contribution is -0.114. The number of hydrogen-bond acceptors (Lipinski definition) is 6. The van der Waals surface area contributed by atoms with Crippen molar-refractivity contribution in [2.24, 2.45) is 10.2 Å². The topological polar surface area (TPSA) is 116 Å². The van der Waals surface area contributed by atoms with Gasteiger partial charge < -0.3 is 10.4 Å². The highest BCUT2D eigenvalue weighted by atomic mass is 35.5. The van der Waals surface area contributed by atoms with Crippen molar-refractivity contribution in [2.45, 2.75) is 6.92 Å². The lowest BCUT2D eigenvalue weighted by Gasteiger charge is -2.07. The second kappa shape index (κ2) is 7.68. The molecule has 0 spiro atoms. The van der Waals surface area contributed by atoms with Crippen LogP contribution in [0.25, 0.3) is 5.69 Å². The Morgan fingerprint density at radius 2 is 2.04 bits per heavy atom. The number of nitrogens with zero attached hydrogens (tertiary/aromatic N) is 5. The summed E-state index contributed by atoms with van der Waals surface area (Å²) in [6, 6.07) is 14.0. The number of rotatable bonds is 4. The minimum absolute atomic E-state index is 0.00673. The van der Waals surface area contributed by atoms with E-state index in [9.17, 15) is 15.2 Å². The zero-order chi connectivity index (χ0) is 19.4. The molecule has 8 nitrogen and oxygen atoms in total. The Labute approximate surface area is 159 Å². The van der Waals surface area contributed by atoms with Gasteiger partial charge in [-0.25, -0.2) is 4.68 Å². The van der Waals surface area contributed by atoms with Crippen molar-refractivity contribution in [3.05, 3.63) is 59.2 Å². The lowest BCUT2D eigenvalue weighted by atomic mass is 10.2. The van der Waals surface area contributed by atoms with Gasteiger partial charge in [-0.1, -0.05) is 29.8 Å². The number of para-hydroxylation sites is 1. The van der Waals surface area contributed by atoms with Gasteiger partial charge in [0.05, 0.1) is 28.3 Å². The van der Waals surface area contributed by atoms with Gasteiger partial charge in [-0.15, -0.1) is 10.2 Å². The van der Waals surface area contributed by atoms with Gasteiger partial charge in [-0.05, 0) is 24.3 Å².